The number of nitrogens with zero attached hydrogens (tertiary/aromatic N) is 2. The van der Waals surface area contributed by atoms with Crippen molar-refractivity contribution in [1.82, 2.24) is 9.78 Å². The zero-order chi connectivity index (χ0) is 13.8. The van der Waals surface area contributed by atoms with Gasteiger partial charge in [-0.05, 0) is 32.3 Å². The molecule has 0 radical (unpaired) electrons. The van der Waals surface area contributed by atoms with E-state index in [0.29, 0.717) is 0 Å². The summed E-state index contributed by atoms with van der Waals surface area (Å²) in [6.45, 7) is 4.85. The SMILES string of the molecule is CCn1nc(C)c(Cl)c1CCC(N)c1ccccc1. The largest absolute Gasteiger partial charge is 0.324 e. The molecule has 2 N–H and O–H groups in total. The Labute approximate surface area is 119 Å². The minimum absolute atomic E-state index is 0.0396. The average molecular weight is 278 g/mol. The summed E-state index contributed by atoms with van der Waals surface area (Å²) in [5.41, 5.74) is 9.37. The fraction of sp³-hybridized carbons (Fsp3) is 0.400. The van der Waals surface area contributed by atoms with Gasteiger partial charge in [0.25, 0.3) is 0 Å². The van der Waals surface area contributed by atoms with E-state index in [4.69, 9.17) is 17.3 Å². The molecule has 0 fully saturated rings. The Kier molecular flexibility index (Phi) is 4.61. The summed E-state index contributed by atoms with van der Waals surface area (Å²) in [6.07, 6.45) is 1.72. The zero-order valence-electron chi connectivity index (χ0n) is 11.4. The maximum absolute atomic E-state index is 6.30. The molecule has 0 saturated heterocycles. The van der Waals surface area contributed by atoms with Crippen LogP contribution in [0.2, 0.25) is 5.02 Å². The maximum atomic E-state index is 6.30. The molecule has 0 spiro atoms. The predicted molar refractivity (Wildman–Crippen MR) is 79.3 cm³/mol. The molecule has 0 aliphatic rings. The Morgan fingerprint density at radius 2 is 2.00 bits per heavy atom. The zero-order valence-corrected chi connectivity index (χ0v) is 12.2. The molecular weight excluding hydrogens is 258 g/mol. The van der Waals surface area contributed by atoms with Gasteiger partial charge in [0, 0.05) is 12.6 Å². The van der Waals surface area contributed by atoms with Crippen LogP contribution in [0.15, 0.2) is 30.3 Å². The van der Waals surface area contributed by atoms with Crippen LogP contribution in [0.3, 0.4) is 0 Å². The number of halogens is 1. The standard InChI is InChI=1S/C15H20ClN3/c1-3-19-14(15(16)11(2)18-19)10-9-13(17)12-7-5-4-6-8-12/h4-8,13H,3,9-10,17H2,1-2H3. The Bertz CT molecular complexity index is 534. The fourth-order valence-corrected chi connectivity index (χ4v) is 2.50. The first-order chi connectivity index (χ1) is 9.13. The monoisotopic (exact) mass is 277 g/mol. The van der Waals surface area contributed by atoms with Crippen molar-refractivity contribution >= 4 is 11.6 Å². The second kappa shape index (κ2) is 6.22. The van der Waals surface area contributed by atoms with Crippen molar-refractivity contribution in [3.63, 3.8) is 0 Å². The van der Waals surface area contributed by atoms with E-state index in [1.54, 1.807) is 0 Å². The van der Waals surface area contributed by atoms with Crippen molar-refractivity contribution in [1.29, 1.82) is 0 Å². The quantitative estimate of drug-likeness (QED) is 0.909. The van der Waals surface area contributed by atoms with Crippen LogP contribution in [-0.2, 0) is 13.0 Å². The Morgan fingerprint density at radius 1 is 1.32 bits per heavy atom. The number of hydrogen-bond donors (Lipinski definition) is 1. The van der Waals surface area contributed by atoms with Crippen LogP contribution in [0.4, 0.5) is 0 Å². The van der Waals surface area contributed by atoms with E-state index in [9.17, 15) is 0 Å². The summed E-state index contributed by atoms with van der Waals surface area (Å²) in [4.78, 5) is 0. The van der Waals surface area contributed by atoms with Crippen molar-refractivity contribution in [2.24, 2.45) is 5.73 Å². The third-order valence-electron chi connectivity index (χ3n) is 3.37. The topological polar surface area (TPSA) is 43.8 Å². The van der Waals surface area contributed by atoms with Gasteiger partial charge in [-0.1, -0.05) is 41.9 Å². The second-order valence-electron chi connectivity index (χ2n) is 4.72. The van der Waals surface area contributed by atoms with Gasteiger partial charge < -0.3 is 5.73 Å². The van der Waals surface area contributed by atoms with Crippen LogP contribution in [-0.4, -0.2) is 9.78 Å². The number of benzene rings is 1. The van der Waals surface area contributed by atoms with Gasteiger partial charge in [0.1, 0.15) is 0 Å². The minimum Gasteiger partial charge on any atom is -0.324 e. The van der Waals surface area contributed by atoms with E-state index in [-0.39, 0.29) is 6.04 Å². The van der Waals surface area contributed by atoms with Crippen LogP contribution < -0.4 is 5.73 Å². The number of rotatable bonds is 5. The van der Waals surface area contributed by atoms with Crippen molar-refractivity contribution in [2.75, 3.05) is 0 Å². The van der Waals surface area contributed by atoms with Crippen LogP contribution in [0.5, 0.6) is 0 Å². The highest BCUT2D eigenvalue weighted by Gasteiger charge is 2.14. The molecule has 0 aliphatic heterocycles. The molecule has 1 aromatic carbocycles. The molecule has 0 saturated carbocycles. The molecule has 102 valence electrons. The molecule has 2 rings (SSSR count). The van der Waals surface area contributed by atoms with Gasteiger partial charge in [0.15, 0.2) is 0 Å². The van der Waals surface area contributed by atoms with Gasteiger partial charge in [0.2, 0.25) is 0 Å². The highest BCUT2D eigenvalue weighted by atomic mass is 35.5. The molecule has 0 bridgehead atoms. The molecule has 1 unspecified atom stereocenters. The first-order valence-corrected chi connectivity index (χ1v) is 7.03. The third kappa shape index (κ3) is 3.17. The van der Waals surface area contributed by atoms with Crippen molar-refractivity contribution in [3.8, 4) is 0 Å². The van der Waals surface area contributed by atoms with Crippen molar-refractivity contribution < 1.29 is 0 Å². The second-order valence-corrected chi connectivity index (χ2v) is 5.10. The third-order valence-corrected chi connectivity index (χ3v) is 3.86. The molecule has 1 heterocycles. The van der Waals surface area contributed by atoms with Gasteiger partial charge in [-0.15, -0.1) is 0 Å². The lowest BCUT2D eigenvalue weighted by molar-refractivity contribution is 0.578. The van der Waals surface area contributed by atoms with Crippen molar-refractivity contribution in [2.45, 2.75) is 39.3 Å². The number of aromatic nitrogens is 2. The molecule has 1 atom stereocenters. The van der Waals surface area contributed by atoms with E-state index in [2.05, 4.69) is 24.2 Å². The van der Waals surface area contributed by atoms with Crippen LogP contribution >= 0.6 is 11.6 Å². The lowest BCUT2D eigenvalue weighted by Gasteiger charge is -2.12. The lowest BCUT2D eigenvalue weighted by Crippen LogP contribution is -2.13. The van der Waals surface area contributed by atoms with E-state index in [1.807, 2.05) is 29.8 Å². The first kappa shape index (κ1) is 14.1. The highest BCUT2D eigenvalue weighted by Crippen LogP contribution is 2.24. The van der Waals surface area contributed by atoms with Crippen LogP contribution in [0, 0.1) is 6.92 Å². The summed E-state index contributed by atoms with van der Waals surface area (Å²) >= 11 is 6.30. The molecule has 2 aromatic rings. The van der Waals surface area contributed by atoms with E-state index < -0.39 is 0 Å². The molecule has 19 heavy (non-hydrogen) atoms. The summed E-state index contributed by atoms with van der Waals surface area (Å²) < 4.78 is 1.97. The Hall–Kier alpha value is -1.32. The predicted octanol–water partition coefficient (Wildman–Crippen LogP) is 3.50. The molecule has 4 heteroatoms. The molecule has 1 aromatic heterocycles. The first-order valence-electron chi connectivity index (χ1n) is 6.65. The van der Waals surface area contributed by atoms with Gasteiger partial charge in [-0.3, -0.25) is 4.68 Å². The molecule has 3 nitrogen and oxygen atoms in total. The molecule has 0 amide bonds. The summed E-state index contributed by atoms with van der Waals surface area (Å²) in [5.74, 6) is 0. The van der Waals surface area contributed by atoms with E-state index >= 15 is 0 Å². The summed E-state index contributed by atoms with van der Waals surface area (Å²) in [6, 6.07) is 10.2. The van der Waals surface area contributed by atoms with Gasteiger partial charge >= 0.3 is 0 Å². The van der Waals surface area contributed by atoms with Gasteiger partial charge in [-0.2, -0.15) is 5.10 Å². The van der Waals surface area contributed by atoms with Gasteiger partial charge in [0.05, 0.1) is 16.4 Å². The maximum Gasteiger partial charge on any atom is 0.0847 e. The summed E-state index contributed by atoms with van der Waals surface area (Å²) in [5, 5.41) is 5.20. The fourth-order valence-electron chi connectivity index (χ4n) is 2.27. The number of hydrogen-bond acceptors (Lipinski definition) is 2. The van der Waals surface area contributed by atoms with Crippen LogP contribution in [0.1, 0.15) is 36.3 Å². The van der Waals surface area contributed by atoms with Gasteiger partial charge in [-0.25, -0.2) is 0 Å². The van der Waals surface area contributed by atoms with E-state index in [1.165, 1.54) is 0 Å². The lowest BCUT2D eigenvalue weighted by atomic mass is 10.0. The van der Waals surface area contributed by atoms with Crippen molar-refractivity contribution in [3.05, 3.63) is 52.3 Å². The summed E-state index contributed by atoms with van der Waals surface area (Å²) in [7, 11) is 0. The van der Waals surface area contributed by atoms with Crippen LogP contribution in [0.25, 0.3) is 0 Å². The van der Waals surface area contributed by atoms with E-state index in [0.717, 1.165) is 41.4 Å². The number of nitrogens with two attached hydrogens (primary N) is 1. The average Bonchev–Trinajstić information content (AvgIpc) is 2.72. The smallest absolute Gasteiger partial charge is 0.0847 e. The Balaban J connectivity index is 2.07. The number of aryl methyl sites for hydroxylation is 2. The Morgan fingerprint density at radius 3 is 2.63 bits per heavy atom. The minimum atomic E-state index is 0.0396. The molecule has 0 aliphatic carbocycles. The normalized spacial score (nSPS) is 12.6. The highest BCUT2D eigenvalue weighted by molar-refractivity contribution is 6.31. The molecular formula is C15H20ClN3.